The Morgan fingerprint density at radius 2 is 2.16 bits per heavy atom. The van der Waals surface area contributed by atoms with Crippen LogP contribution in [0.1, 0.15) is 6.92 Å². The molecule has 3 rings (SSSR count). The fraction of sp³-hybridized carbons (Fsp3) is 0.357. The van der Waals surface area contributed by atoms with Crippen molar-refractivity contribution >= 4 is 29.9 Å². The number of aliphatic imine (C=N–C) groups is 1. The van der Waals surface area contributed by atoms with Crippen LogP contribution in [0.4, 0.5) is 13.2 Å². The third-order valence-electron chi connectivity index (χ3n) is 4.10. The maximum atomic E-state index is 13.5. The minimum atomic E-state index is -5.07. The largest absolute Gasteiger partial charge is 0.621 e. The lowest BCUT2D eigenvalue weighted by atomic mass is 9.79. The van der Waals surface area contributed by atoms with E-state index in [2.05, 4.69) is 10.3 Å². The summed E-state index contributed by atoms with van der Waals surface area (Å²) in [6.07, 6.45) is -1.73. The fourth-order valence-electron chi connectivity index (χ4n) is 3.04. The number of carboxylic acids is 1. The molecule has 0 aromatic carbocycles. The van der Waals surface area contributed by atoms with Crippen LogP contribution in [0.2, 0.25) is 0 Å². The first-order chi connectivity index (χ1) is 11.6. The maximum Gasteiger partial charge on any atom is 0.417 e. The normalized spacial score (nSPS) is 32.1. The van der Waals surface area contributed by atoms with Gasteiger partial charge in [-0.25, -0.2) is 4.79 Å². The van der Waals surface area contributed by atoms with Crippen LogP contribution in [-0.2, 0) is 9.59 Å². The number of hydrogen-bond acceptors (Lipinski definition) is 6. The molecule has 2 aliphatic heterocycles. The van der Waals surface area contributed by atoms with Crippen molar-refractivity contribution in [3.63, 3.8) is 0 Å². The number of carboxylic acid groups (broad SMARTS) is 1. The smallest absolute Gasteiger partial charge is 0.417 e. The van der Waals surface area contributed by atoms with Crippen LogP contribution in [0, 0.1) is 11.1 Å². The highest BCUT2D eigenvalue weighted by Crippen LogP contribution is 2.48. The SMILES string of the molecule is CC1C2=C(S[NH+]1[O-])C(C1N=CC=CN1)C(=O)C(C(=O)O)=C2C(F)(F)F. The van der Waals surface area contributed by atoms with Crippen molar-refractivity contribution in [1.82, 2.24) is 5.32 Å². The number of hydroxylamine groups is 1. The summed E-state index contributed by atoms with van der Waals surface area (Å²) in [5.41, 5.74) is -3.31. The quantitative estimate of drug-likeness (QED) is 0.365. The zero-order valence-electron chi connectivity index (χ0n) is 12.6. The molecule has 0 aromatic heterocycles. The van der Waals surface area contributed by atoms with Crippen LogP contribution in [0.15, 0.2) is 38.9 Å². The lowest BCUT2D eigenvalue weighted by Crippen LogP contribution is -3.02. The molecule has 0 saturated carbocycles. The lowest BCUT2D eigenvalue weighted by Gasteiger charge is -2.30. The Kier molecular flexibility index (Phi) is 4.25. The number of allylic oxidation sites excluding steroid dienone is 1. The van der Waals surface area contributed by atoms with Crippen molar-refractivity contribution in [2.75, 3.05) is 0 Å². The van der Waals surface area contributed by atoms with Gasteiger partial charge in [-0.05, 0) is 19.2 Å². The van der Waals surface area contributed by atoms with Gasteiger partial charge in [0.15, 0.2) is 5.78 Å². The highest BCUT2D eigenvalue weighted by atomic mass is 32.2. The number of nitrogens with zero attached hydrogens (tertiary/aromatic N) is 1. The van der Waals surface area contributed by atoms with E-state index < -0.39 is 57.2 Å². The summed E-state index contributed by atoms with van der Waals surface area (Å²) < 4.78 is 40.1. The number of ketones is 1. The molecule has 7 nitrogen and oxygen atoms in total. The third kappa shape index (κ3) is 2.77. The van der Waals surface area contributed by atoms with Crippen LogP contribution in [0.25, 0.3) is 0 Å². The van der Waals surface area contributed by atoms with Gasteiger partial charge in [0.2, 0.25) is 0 Å². The van der Waals surface area contributed by atoms with Gasteiger partial charge >= 0.3 is 12.1 Å². The average molecular weight is 375 g/mol. The molecule has 3 aliphatic rings. The molecule has 3 N–H and O–H groups in total. The number of hydrogen-bond donors (Lipinski definition) is 3. The first kappa shape index (κ1) is 17.7. The third-order valence-corrected chi connectivity index (χ3v) is 5.35. The van der Waals surface area contributed by atoms with Crippen molar-refractivity contribution in [2.45, 2.75) is 25.3 Å². The van der Waals surface area contributed by atoms with Gasteiger partial charge in [0.1, 0.15) is 29.7 Å². The van der Waals surface area contributed by atoms with Crippen LogP contribution in [0.3, 0.4) is 0 Å². The predicted molar refractivity (Wildman–Crippen MR) is 82.2 cm³/mol. The number of Topliss-reactive ketones (excluding diaryl/α,β-unsaturated/α-hetero) is 1. The molecule has 25 heavy (non-hydrogen) atoms. The van der Waals surface area contributed by atoms with Gasteiger partial charge < -0.3 is 20.1 Å². The van der Waals surface area contributed by atoms with Crippen molar-refractivity contribution < 1.29 is 32.3 Å². The van der Waals surface area contributed by atoms with Gasteiger partial charge in [-0.1, -0.05) is 0 Å². The van der Waals surface area contributed by atoms with Crippen LogP contribution < -0.4 is 9.79 Å². The Balaban J connectivity index is 2.24. The van der Waals surface area contributed by atoms with E-state index in [0.717, 1.165) is 0 Å². The standard InChI is InChI=1S/C14H12F3N3O4S/c1-5-6-9(14(15,16)17)7(13(22)23)10(21)8(11(6)25-20(5)24)12-18-3-2-4-19-12/h2-5,8,12,18,20H,1H3,(H,22,23). The molecule has 134 valence electrons. The second-order valence-electron chi connectivity index (χ2n) is 5.58. The zero-order chi connectivity index (χ0) is 18.5. The van der Waals surface area contributed by atoms with E-state index in [4.69, 9.17) is 0 Å². The Morgan fingerprint density at radius 3 is 2.68 bits per heavy atom. The minimum absolute atomic E-state index is 0.0789. The second-order valence-corrected chi connectivity index (χ2v) is 6.63. The highest BCUT2D eigenvalue weighted by molar-refractivity contribution is 7.97. The molecular formula is C14H12F3N3O4S. The molecule has 4 unspecified atom stereocenters. The predicted octanol–water partition coefficient (Wildman–Crippen LogP) is 0.330. The van der Waals surface area contributed by atoms with E-state index in [-0.39, 0.29) is 4.91 Å². The topological polar surface area (TPSA) is 106 Å². The summed E-state index contributed by atoms with van der Waals surface area (Å²) in [7, 11) is 0. The van der Waals surface area contributed by atoms with E-state index >= 15 is 0 Å². The molecular weight excluding hydrogens is 363 g/mol. The molecule has 0 amide bonds. The van der Waals surface area contributed by atoms with Gasteiger partial charge in [0.25, 0.3) is 0 Å². The summed E-state index contributed by atoms with van der Waals surface area (Å²) in [4.78, 5) is 28.0. The zero-order valence-corrected chi connectivity index (χ0v) is 13.4. The molecule has 0 bridgehead atoms. The van der Waals surface area contributed by atoms with Gasteiger partial charge in [-0.15, -0.1) is 0 Å². The number of nitrogens with one attached hydrogen (secondary N) is 2. The number of rotatable bonds is 2. The van der Waals surface area contributed by atoms with E-state index in [1.165, 1.54) is 25.4 Å². The number of carbonyl (C=O) groups is 2. The second kappa shape index (κ2) is 6.00. The summed E-state index contributed by atoms with van der Waals surface area (Å²) in [5.74, 6) is -4.48. The fourth-order valence-corrected chi connectivity index (χ4v) is 4.31. The van der Waals surface area contributed by atoms with Gasteiger partial charge in [0.05, 0.1) is 16.4 Å². The molecule has 4 atom stereocenters. The number of carbonyl (C=O) groups excluding carboxylic acids is 1. The minimum Gasteiger partial charge on any atom is -0.621 e. The molecule has 0 saturated heterocycles. The maximum absolute atomic E-state index is 13.5. The summed E-state index contributed by atoms with van der Waals surface area (Å²) in [5, 5.41) is 24.0. The molecule has 11 heteroatoms. The molecule has 2 heterocycles. The highest BCUT2D eigenvalue weighted by Gasteiger charge is 2.56. The molecule has 1 aliphatic carbocycles. The van der Waals surface area contributed by atoms with E-state index in [9.17, 15) is 33.1 Å². The van der Waals surface area contributed by atoms with Crippen molar-refractivity contribution in [3.8, 4) is 0 Å². The number of aliphatic carboxylic acids is 1. The van der Waals surface area contributed by atoms with E-state index in [0.29, 0.717) is 11.9 Å². The molecule has 0 fully saturated rings. The molecule has 0 aromatic rings. The van der Waals surface area contributed by atoms with Crippen LogP contribution in [0.5, 0.6) is 0 Å². The first-order valence-corrected chi connectivity index (χ1v) is 7.95. The number of halogens is 3. The summed E-state index contributed by atoms with van der Waals surface area (Å²) in [6.45, 7) is 1.27. The van der Waals surface area contributed by atoms with Gasteiger partial charge in [-0.2, -0.15) is 13.2 Å². The van der Waals surface area contributed by atoms with Gasteiger partial charge in [0, 0.05) is 11.8 Å². The number of quaternary nitrogens is 1. The van der Waals surface area contributed by atoms with Crippen molar-refractivity contribution in [1.29, 1.82) is 0 Å². The van der Waals surface area contributed by atoms with E-state index in [1.807, 2.05) is 0 Å². The Morgan fingerprint density at radius 1 is 1.48 bits per heavy atom. The Hall–Kier alpha value is -2.11. The van der Waals surface area contributed by atoms with E-state index in [1.54, 1.807) is 0 Å². The number of alkyl halides is 3. The molecule has 0 spiro atoms. The van der Waals surface area contributed by atoms with Crippen LogP contribution in [-0.4, -0.2) is 41.5 Å². The monoisotopic (exact) mass is 375 g/mol. The van der Waals surface area contributed by atoms with Crippen LogP contribution >= 0.6 is 11.9 Å². The first-order valence-electron chi connectivity index (χ1n) is 7.14. The summed E-state index contributed by atoms with van der Waals surface area (Å²) in [6, 6.07) is -1.16. The van der Waals surface area contributed by atoms with Gasteiger partial charge in [-0.3, -0.25) is 9.79 Å². The lowest BCUT2D eigenvalue weighted by molar-refractivity contribution is -0.713. The molecule has 0 radical (unpaired) electrons. The van der Waals surface area contributed by atoms with Crippen molar-refractivity contribution in [2.24, 2.45) is 10.9 Å². The van der Waals surface area contributed by atoms with Crippen molar-refractivity contribution in [3.05, 3.63) is 39.1 Å². The average Bonchev–Trinajstić information content (AvgIpc) is 2.80. The Labute approximate surface area is 143 Å². The summed E-state index contributed by atoms with van der Waals surface area (Å²) >= 11 is 0.551. The Bertz CT molecular complexity index is 772.